The van der Waals surface area contributed by atoms with Crippen LogP contribution in [0.15, 0.2) is 0 Å². The smallest absolute Gasteiger partial charge is 0.324 e. The van der Waals surface area contributed by atoms with Crippen molar-refractivity contribution in [3.8, 4) is 0 Å². The molecule has 1 atom stereocenters. The summed E-state index contributed by atoms with van der Waals surface area (Å²) in [4.78, 5) is 11.1. The number of rotatable bonds is 7. The van der Waals surface area contributed by atoms with E-state index >= 15 is 0 Å². The van der Waals surface area contributed by atoms with Crippen molar-refractivity contribution in [1.82, 2.24) is 0 Å². The van der Waals surface area contributed by atoms with Gasteiger partial charge in [-0.15, -0.1) is 11.6 Å². The number of ether oxygens (including phenoxy) is 1. The summed E-state index contributed by atoms with van der Waals surface area (Å²) < 4.78 is 4.99. The highest BCUT2D eigenvalue weighted by Crippen LogP contribution is 2.07. The lowest BCUT2D eigenvalue weighted by Gasteiger charge is -2.07. The van der Waals surface area contributed by atoms with Crippen molar-refractivity contribution in [2.24, 2.45) is 0 Å². The van der Waals surface area contributed by atoms with Gasteiger partial charge in [0.05, 0.1) is 6.61 Å². The quantitative estimate of drug-likeness (QED) is 0.364. The Bertz CT molecular complexity index is 137. The molecule has 0 radical (unpaired) electrons. The topological polar surface area (TPSA) is 26.3 Å². The van der Waals surface area contributed by atoms with Gasteiger partial charge in [-0.3, -0.25) is 4.79 Å². The zero-order valence-electron chi connectivity index (χ0n) is 8.51. The van der Waals surface area contributed by atoms with Gasteiger partial charge in [-0.25, -0.2) is 0 Å². The second-order valence-electron chi connectivity index (χ2n) is 3.13. The van der Waals surface area contributed by atoms with Gasteiger partial charge in [0, 0.05) is 0 Å². The molecule has 2 nitrogen and oxygen atoms in total. The van der Waals surface area contributed by atoms with Crippen LogP contribution in [0.25, 0.3) is 0 Å². The normalized spacial score (nSPS) is 12.5. The van der Waals surface area contributed by atoms with Crippen LogP contribution in [0.2, 0.25) is 0 Å². The summed E-state index contributed by atoms with van der Waals surface area (Å²) >= 11 is 5.77. The average Bonchev–Trinajstić information content (AvgIpc) is 2.12. The first-order chi connectivity index (χ1) is 6.22. The molecule has 13 heavy (non-hydrogen) atoms. The molecule has 3 heteroatoms. The van der Waals surface area contributed by atoms with E-state index in [4.69, 9.17) is 16.3 Å². The molecule has 0 aliphatic heterocycles. The summed E-state index contributed by atoms with van der Waals surface area (Å²) in [5.41, 5.74) is 0. The molecule has 0 spiro atoms. The van der Waals surface area contributed by atoms with E-state index in [0.29, 0.717) is 13.0 Å². The van der Waals surface area contributed by atoms with E-state index < -0.39 is 5.38 Å². The van der Waals surface area contributed by atoms with Crippen LogP contribution in [0, 0.1) is 0 Å². The Kier molecular flexibility index (Phi) is 8.21. The molecule has 78 valence electrons. The maximum absolute atomic E-state index is 11.1. The molecule has 0 saturated heterocycles. The summed E-state index contributed by atoms with van der Waals surface area (Å²) in [6.07, 6.45) is 4.80. The molecule has 0 aromatic carbocycles. The van der Waals surface area contributed by atoms with Crippen LogP contribution in [0.3, 0.4) is 0 Å². The monoisotopic (exact) mass is 206 g/mol. The SMILES string of the molecule is CCCCCOC(=O)C(Cl)CCC. The Labute approximate surface area is 85.6 Å². The first kappa shape index (κ1) is 12.8. The third-order valence-corrected chi connectivity index (χ3v) is 2.19. The third-order valence-electron chi connectivity index (χ3n) is 1.79. The summed E-state index contributed by atoms with van der Waals surface area (Å²) in [6, 6.07) is 0. The molecule has 0 aromatic rings. The zero-order chi connectivity index (χ0) is 10.1. The van der Waals surface area contributed by atoms with Crippen LogP contribution in [0.5, 0.6) is 0 Å². The van der Waals surface area contributed by atoms with E-state index in [1.165, 1.54) is 0 Å². The van der Waals surface area contributed by atoms with Gasteiger partial charge in [0.2, 0.25) is 0 Å². The number of hydrogen-bond acceptors (Lipinski definition) is 2. The second-order valence-corrected chi connectivity index (χ2v) is 3.66. The Balaban J connectivity index is 3.38. The van der Waals surface area contributed by atoms with Crippen LogP contribution in [0.4, 0.5) is 0 Å². The molecule has 0 aromatic heterocycles. The van der Waals surface area contributed by atoms with Gasteiger partial charge >= 0.3 is 5.97 Å². The molecule has 0 rings (SSSR count). The lowest BCUT2D eigenvalue weighted by Crippen LogP contribution is -2.18. The molecule has 0 amide bonds. The minimum atomic E-state index is -0.452. The van der Waals surface area contributed by atoms with Crippen molar-refractivity contribution in [2.45, 2.75) is 51.3 Å². The van der Waals surface area contributed by atoms with Gasteiger partial charge in [-0.05, 0) is 12.8 Å². The van der Waals surface area contributed by atoms with Crippen LogP contribution in [0.1, 0.15) is 46.0 Å². The Hall–Kier alpha value is -0.240. The number of carbonyl (C=O) groups excluding carboxylic acids is 1. The van der Waals surface area contributed by atoms with Crippen molar-refractivity contribution in [3.05, 3.63) is 0 Å². The second kappa shape index (κ2) is 8.36. The zero-order valence-corrected chi connectivity index (χ0v) is 9.27. The highest BCUT2D eigenvalue weighted by molar-refractivity contribution is 6.29. The van der Waals surface area contributed by atoms with Crippen LogP contribution in [-0.2, 0) is 9.53 Å². The first-order valence-electron chi connectivity index (χ1n) is 5.03. The van der Waals surface area contributed by atoms with Gasteiger partial charge in [0.15, 0.2) is 0 Å². The number of halogens is 1. The summed E-state index contributed by atoms with van der Waals surface area (Å²) in [5, 5.41) is -0.452. The highest BCUT2D eigenvalue weighted by Gasteiger charge is 2.14. The number of esters is 1. The summed E-state index contributed by atoms with van der Waals surface area (Å²) in [6.45, 7) is 4.63. The first-order valence-corrected chi connectivity index (χ1v) is 5.46. The van der Waals surface area contributed by atoms with Gasteiger partial charge in [-0.1, -0.05) is 33.1 Å². The fraction of sp³-hybridized carbons (Fsp3) is 0.900. The molecule has 0 heterocycles. The fourth-order valence-corrected chi connectivity index (χ4v) is 1.27. The number of hydrogen-bond donors (Lipinski definition) is 0. The Morgan fingerprint density at radius 1 is 1.31 bits per heavy atom. The number of carbonyl (C=O) groups is 1. The average molecular weight is 207 g/mol. The Morgan fingerprint density at radius 2 is 2.00 bits per heavy atom. The van der Waals surface area contributed by atoms with Gasteiger partial charge in [0.1, 0.15) is 5.38 Å². The number of alkyl halides is 1. The molecule has 0 bridgehead atoms. The van der Waals surface area contributed by atoms with Crippen molar-refractivity contribution >= 4 is 17.6 Å². The van der Waals surface area contributed by atoms with E-state index in [0.717, 1.165) is 25.7 Å². The van der Waals surface area contributed by atoms with E-state index in [1.54, 1.807) is 0 Å². The fourth-order valence-electron chi connectivity index (χ4n) is 0.987. The highest BCUT2D eigenvalue weighted by atomic mass is 35.5. The summed E-state index contributed by atoms with van der Waals surface area (Å²) in [7, 11) is 0. The lowest BCUT2D eigenvalue weighted by atomic mass is 10.2. The minimum absolute atomic E-state index is 0.264. The van der Waals surface area contributed by atoms with Gasteiger partial charge in [-0.2, -0.15) is 0 Å². The maximum atomic E-state index is 11.1. The Morgan fingerprint density at radius 3 is 2.54 bits per heavy atom. The predicted octanol–water partition coefficient (Wildman–Crippen LogP) is 3.13. The van der Waals surface area contributed by atoms with Crippen LogP contribution in [-0.4, -0.2) is 18.0 Å². The van der Waals surface area contributed by atoms with Crippen molar-refractivity contribution in [1.29, 1.82) is 0 Å². The minimum Gasteiger partial charge on any atom is -0.465 e. The van der Waals surface area contributed by atoms with E-state index in [9.17, 15) is 4.79 Å². The molecule has 0 N–H and O–H groups in total. The van der Waals surface area contributed by atoms with E-state index in [1.807, 2.05) is 6.92 Å². The van der Waals surface area contributed by atoms with Crippen LogP contribution >= 0.6 is 11.6 Å². The molecular weight excluding hydrogens is 188 g/mol. The van der Waals surface area contributed by atoms with Crippen molar-refractivity contribution in [3.63, 3.8) is 0 Å². The maximum Gasteiger partial charge on any atom is 0.324 e. The lowest BCUT2D eigenvalue weighted by molar-refractivity contribution is -0.143. The number of unbranched alkanes of at least 4 members (excludes halogenated alkanes) is 2. The molecule has 0 aliphatic carbocycles. The van der Waals surface area contributed by atoms with Crippen molar-refractivity contribution < 1.29 is 9.53 Å². The van der Waals surface area contributed by atoms with Crippen molar-refractivity contribution in [2.75, 3.05) is 6.61 Å². The van der Waals surface area contributed by atoms with Crippen LogP contribution < -0.4 is 0 Å². The molecule has 0 saturated carbocycles. The predicted molar refractivity (Wildman–Crippen MR) is 55.0 cm³/mol. The standard InChI is InChI=1S/C10H19ClO2/c1-3-5-6-8-13-10(12)9(11)7-4-2/h9H,3-8H2,1-2H3. The molecule has 0 aliphatic rings. The molecule has 1 unspecified atom stereocenters. The van der Waals surface area contributed by atoms with Gasteiger partial charge < -0.3 is 4.74 Å². The molecule has 0 fully saturated rings. The summed E-state index contributed by atoms with van der Waals surface area (Å²) in [5.74, 6) is -0.264. The van der Waals surface area contributed by atoms with Gasteiger partial charge in [0.25, 0.3) is 0 Å². The van der Waals surface area contributed by atoms with E-state index in [-0.39, 0.29) is 5.97 Å². The van der Waals surface area contributed by atoms with E-state index in [2.05, 4.69) is 6.92 Å². The molecular formula is C10H19ClO2. The third kappa shape index (κ3) is 6.88. The largest absolute Gasteiger partial charge is 0.465 e.